The van der Waals surface area contributed by atoms with Gasteiger partial charge in [0.2, 0.25) is 5.91 Å². The largest absolute Gasteiger partial charge is 0.392 e. The standard InChI is InChI=1S/C12H24N2O2/c1-9(2)5-11(15)7-13-8-12(16)14-6-10-3-4-10/h9-11,13,15H,3-8H2,1-2H3,(H,14,16). The lowest BCUT2D eigenvalue weighted by Gasteiger charge is -2.13. The maximum Gasteiger partial charge on any atom is 0.233 e. The summed E-state index contributed by atoms with van der Waals surface area (Å²) in [6.07, 6.45) is 2.93. The minimum Gasteiger partial charge on any atom is -0.392 e. The summed E-state index contributed by atoms with van der Waals surface area (Å²) >= 11 is 0. The molecule has 0 heterocycles. The van der Waals surface area contributed by atoms with E-state index in [9.17, 15) is 9.90 Å². The lowest BCUT2D eigenvalue weighted by atomic mass is 10.1. The first-order valence-electron chi connectivity index (χ1n) is 6.23. The predicted octanol–water partition coefficient (Wildman–Crippen LogP) is 0.509. The van der Waals surface area contributed by atoms with E-state index in [1.54, 1.807) is 0 Å². The Morgan fingerprint density at radius 2 is 2.12 bits per heavy atom. The molecule has 0 bridgehead atoms. The lowest BCUT2D eigenvalue weighted by molar-refractivity contribution is -0.120. The molecule has 0 saturated heterocycles. The normalized spacial score (nSPS) is 17.5. The van der Waals surface area contributed by atoms with E-state index in [1.807, 2.05) is 0 Å². The van der Waals surface area contributed by atoms with Crippen molar-refractivity contribution in [2.24, 2.45) is 11.8 Å². The van der Waals surface area contributed by atoms with Crippen LogP contribution in [0.25, 0.3) is 0 Å². The van der Waals surface area contributed by atoms with Crippen molar-refractivity contribution in [3.8, 4) is 0 Å². The average Bonchev–Trinajstić information content (AvgIpc) is 2.96. The van der Waals surface area contributed by atoms with Crippen LogP contribution in [0.3, 0.4) is 0 Å². The van der Waals surface area contributed by atoms with E-state index in [0.29, 0.717) is 19.0 Å². The Labute approximate surface area is 97.8 Å². The molecule has 94 valence electrons. The van der Waals surface area contributed by atoms with Crippen molar-refractivity contribution in [1.82, 2.24) is 10.6 Å². The van der Waals surface area contributed by atoms with Crippen LogP contribution in [0.1, 0.15) is 33.1 Å². The first kappa shape index (κ1) is 13.5. The zero-order chi connectivity index (χ0) is 12.0. The Morgan fingerprint density at radius 3 is 2.69 bits per heavy atom. The van der Waals surface area contributed by atoms with Crippen LogP contribution in [-0.4, -0.2) is 36.8 Å². The predicted molar refractivity (Wildman–Crippen MR) is 64.1 cm³/mol. The molecule has 0 aromatic heterocycles. The zero-order valence-corrected chi connectivity index (χ0v) is 10.3. The van der Waals surface area contributed by atoms with Gasteiger partial charge in [-0.25, -0.2) is 0 Å². The van der Waals surface area contributed by atoms with Crippen molar-refractivity contribution in [2.75, 3.05) is 19.6 Å². The molecule has 4 heteroatoms. The van der Waals surface area contributed by atoms with Crippen molar-refractivity contribution in [3.05, 3.63) is 0 Å². The fourth-order valence-corrected chi connectivity index (χ4v) is 1.62. The molecule has 1 saturated carbocycles. The summed E-state index contributed by atoms with van der Waals surface area (Å²) < 4.78 is 0. The Hall–Kier alpha value is -0.610. The summed E-state index contributed by atoms with van der Waals surface area (Å²) in [6, 6.07) is 0. The van der Waals surface area contributed by atoms with E-state index in [1.165, 1.54) is 12.8 Å². The molecule has 16 heavy (non-hydrogen) atoms. The van der Waals surface area contributed by atoms with Gasteiger partial charge in [0.1, 0.15) is 0 Å². The molecular formula is C12H24N2O2. The molecule has 0 spiro atoms. The van der Waals surface area contributed by atoms with Gasteiger partial charge in [0.15, 0.2) is 0 Å². The van der Waals surface area contributed by atoms with Gasteiger partial charge in [0, 0.05) is 13.1 Å². The van der Waals surface area contributed by atoms with Gasteiger partial charge < -0.3 is 15.7 Å². The van der Waals surface area contributed by atoms with Crippen LogP contribution in [0.5, 0.6) is 0 Å². The number of nitrogens with one attached hydrogen (secondary N) is 2. The minimum absolute atomic E-state index is 0.0312. The van der Waals surface area contributed by atoms with E-state index in [0.717, 1.165) is 18.9 Å². The topological polar surface area (TPSA) is 61.4 Å². The molecule has 1 aliphatic rings. The van der Waals surface area contributed by atoms with Crippen LogP contribution in [-0.2, 0) is 4.79 Å². The first-order chi connectivity index (χ1) is 7.58. The quantitative estimate of drug-likeness (QED) is 0.567. The second-order valence-corrected chi connectivity index (χ2v) is 5.16. The van der Waals surface area contributed by atoms with E-state index in [4.69, 9.17) is 0 Å². The minimum atomic E-state index is -0.351. The number of aliphatic hydroxyl groups excluding tert-OH is 1. The number of rotatable bonds is 8. The van der Waals surface area contributed by atoms with E-state index in [2.05, 4.69) is 24.5 Å². The Kier molecular flexibility index (Phi) is 5.77. The molecule has 1 aliphatic carbocycles. The Bertz CT molecular complexity index is 215. The molecule has 4 nitrogen and oxygen atoms in total. The smallest absolute Gasteiger partial charge is 0.233 e. The van der Waals surface area contributed by atoms with Crippen molar-refractivity contribution in [2.45, 2.75) is 39.2 Å². The highest BCUT2D eigenvalue weighted by Crippen LogP contribution is 2.27. The number of aliphatic hydroxyl groups is 1. The van der Waals surface area contributed by atoms with Crippen LogP contribution in [0.15, 0.2) is 0 Å². The van der Waals surface area contributed by atoms with Crippen LogP contribution >= 0.6 is 0 Å². The Morgan fingerprint density at radius 1 is 1.44 bits per heavy atom. The third-order valence-electron chi connectivity index (χ3n) is 2.69. The molecule has 3 N–H and O–H groups in total. The number of amides is 1. The van der Waals surface area contributed by atoms with Crippen molar-refractivity contribution < 1.29 is 9.90 Å². The molecule has 1 atom stereocenters. The van der Waals surface area contributed by atoms with Crippen LogP contribution in [0.4, 0.5) is 0 Å². The second-order valence-electron chi connectivity index (χ2n) is 5.16. The van der Waals surface area contributed by atoms with Gasteiger partial charge in [-0.05, 0) is 31.1 Å². The fraction of sp³-hybridized carbons (Fsp3) is 0.917. The highest BCUT2D eigenvalue weighted by Gasteiger charge is 2.21. The second kappa shape index (κ2) is 6.86. The molecule has 0 aromatic rings. The molecule has 0 aromatic carbocycles. The van der Waals surface area contributed by atoms with Gasteiger partial charge in [-0.2, -0.15) is 0 Å². The third-order valence-corrected chi connectivity index (χ3v) is 2.69. The van der Waals surface area contributed by atoms with Gasteiger partial charge in [-0.1, -0.05) is 13.8 Å². The molecule has 1 fully saturated rings. The molecule has 0 radical (unpaired) electrons. The van der Waals surface area contributed by atoms with Gasteiger partial charge >= 0.3 is 0 Å². The maximum absolute atomic E-state index is 11.3. The summed E-state index contributed by atoms with van der Waals surface area (Å²) in [5, 5.41) is 15.4. The molecule has 1 amide bonds. The monoisotopic (exact) mass is 228 g/mol. The zero-order valence-electron chi connectivity index (χ0n) is 10.3. The van der Waals surface area contributed by atoms with E-state index >= 15 is 0 Å². The van der Waals surface area contributed by atoms with Crippen molar-refractivity contribution in [1.29, 1.82) is 0 Å². The molecule has 0 aliphatic heterocycles. The van der Waals surface area contributed by atoms with E-state index < -0.39 is 0 Å². The maximum atomic E-state index is 11.3. The van der Waals surface area contributed by atoms with Crippen molar-refractivity contribution >= 4 is 5.91 Å². The summed E-state index contributed by atoms with van der Waals surface area (Å²) in [6.45, 7) is 5.77. The lowest BCUT2D eigenvalue weighted by Crippen LogP contribution is -2.38. The fourth-order valence-electron chi connectivity index (χ4n) is 1.62. The first-order valence-corrected chi connectivity index (χ1v) is 6.23. The molecule has 1 rings (SSSR count). The van der Waals surface area contributed by atoms with E-state index in [-0.39, 0.29) is 12.0 Å². The van der Waals surface area contributed by atoms with Gasteiger partial charge in [-0.3, -0.25) is 4.79 Å². The number of carbonyl (C=O) groups excluding carboxylic acids is 1. The van der Waals surface area contributed by atoms with Crippen LogP contribution < -0.4 is 10.6 Å². The van der Waals surface area contributed by atoms with Crippen LogP contribution in [0.2, 0.25) is 0 Å². The highest BCUT2D eigenvalue weighted by molar-refractivity contribution is 5.77. The highest BCUT2D eigenvalue weighted by atomic mass is 16.3. The summed E-state index contributed by atoms with van der Waals surface area (Å²) in [7, 11) is 0. The molecule has 1 unspecified atom stereocenters. The number of hydrogen-bond acceptors (Lipinski definition) is 3. The number of hydrogen-bond donors (Lipinski definition) is 3. The third kappa shape index (κ3) is 6.80. The van der Waals surface area contributed by atoms with Gasteiger partial charge in [-0.15, -0.1) is 0 Å². The summed E-state index contributed by atoms with van der Waals surface area (Å²) in [5.74, 6) is 1.24. The Balaban J connectivity index is 1.94. The van der Waals surface area contributed by atoms with Crippen molar-refractivity contribution in [3.63, 3.8) is 0 Å². The summed E-state index contributed by atoms with van der Waals surface area (Å²) in [4.78, 5) is 11.3. The molecular weight excluding hydrogens is 204 g/mol. The SMILES string of the molecule is CC(C)CC(O)CNCC(=O)NCC1CC1. The average molecular weight is 228 g/mol. The summed E-state index contributed by atoms with van der Waals surface area (Å²) in [5.41, 5.74) is 0. The van der Waals surface area contributed by atoms with Gasteiger partial charge in [0.05, 0.1) is 12.6 Å². The van der Waals surface area contributed by atoms with Gasteiger partial charge in [0.25, 0.3) is 0 Å². The number of carbonyl (C=O) groups is 1. The van der Waals surface area contributed by atoms with Crippen LogP contribution in [0, 0.1) is 11.8 Å².